The summed E-state index contributed by atoms with van der Waals surface area (Å²) in [7, 11) is 0. The summed E-state index contributed by atoms with van der Waals surface area (Å²) >= 11 is 0. The van der Waals surface area contributed by atoms with E-state index in [2.05, 4.69) is 5.32 Å². The summed E-state index contributed by atoms with van der Waals surface area (Å²) in [4.78, 5) is 10.4. The van der Waals surface area contributed by atoms with Gasteiger partial charge in [0.2, 0.25) is 0 Å². The van der Waals surface area contributed by atoms with Crippen LogP contribution in [0.5, 0.6) is 0 Å². The van der Waals surface area contributed by atoms with Crippen LogP contribution in [0.25, 0.3) is 6.08 Å². The van der Waals surface area contributed by atoms with Gasteiger partial charge in [-0.05, 0) is 25.5 Å². The zero-order valence-corrected chi connectivity index (χ0v) is 8.93. The summed E-state index contributed by atoms with van der Waals surface area (Å²) in [5, 5.41) is 14.1. The van der Waals surface area contributed by atoms with E-state index in [1.807, 2.05) is 18.2 Å². The van der Waals surface area contributed by atoms with Crippen LogP contribution in [0.1, 0.15) is 18.4 Å². The summed E-state index contributed by atoms with van der Waals surface area (Å²) in [5.41, 5.74) is 0.831. The molecule has 1 atom stereocenters. The fourth-order valence-corrected chi connectivity index (χ4v) is 1.89. The first-order valence-electron chi connectivity index (χ1n) is 5.42. The molecule has 0 spiro atoms. The van der Waals surface area contributed by atoms with E-state index in [0.717, 1.165) is 13.0 Å². The Morgan fingerprint density at radius 3 is 2.94 bits per heavy atom. The van der Waals surface area contributed by atoms with Crippen LogP contribution in [0, 0.1) is 10.1 Å². The molecule has 4 heteroatoms. The molecule has 84 valence electrons. The summed E-state index contributed by atoms with van der Waals surface area (Å²) in [6, 6.07) is 7.16. The zero-order valence-electron chi connectivity index (χ0n) is 8.93. The summed E-state index contributed by atoms with van der Waals surface area (Å²) in [6.45, 7) is 1.03. The van der Waals surface area contributed by atoms with Crippen molar-refractivity contribution in [2.75, 3.05) is 6.54 Å². The molecule has 2 rings (SSSR count). The van der Waals surface area contributed by atoms with Crippen molar-refractivity contribution in [2.45, 2.75) is 18.9 Å². The van der Waals surface area contributed by atoms with Crippen LogP contribution < -0.4 is 5.32 Å². The van der Waals surface area contributed by atoms with Gasteiger partial charge in [-0.15, -0.1) is 0 Å². The first-order chi connectivity index (χ1) is 7.77. The molecule has 16 heavy (non-hydrogen) atoms. The van der Waals surface area contributed by atoms with Crippen molar-refractivity contribution in [2.24, 2.45) is 0 Å². The molecule has 0 aliphatic carbocycles. The highest BCUT2D eigenvalue weighted by Gasteiger charge is 2.12. The van der Waals surface area contributed by atoms with Crippen molar-refractivity contribution < 1.29 is 4.92 Å². The van der Waals surface area contributed by atoms with Gasteiger partial charge in [0.05, 0.1) is 10.5 Å². The number of hydrogen-bond donors (Lipinski definition) is 1. The van der Waals surface area contributed by atoms with Crippen molar-refractivity contribution in [3.05, 3.63) is 46.0 Å². The van der Waals surface area contributed by atoms with Crippen molar-refractivity contribution in [3.63, 3.8) is 0 Å². The predicted molar refractivity (Wildman–Crippen MR) is 63.2 cm³/mol. The standard InChI is InChI=1S/C12H14N2O2/c15-14(16)12-6-2-1-4-10(12)7-8-11-5-3-9-13-11/h1-2,4,6-8,11,13H,3,5,9H2/b8-7+. The smallest absolute Gasteiger partial charge is 0.276 e. The van der Waals surface area contributed by atoms with Crippen LogP contribution in [-0.2, 0) is 0 Å². The second-order valence-corrected chi connectivity index (χ2v) is 3.88. The van der Waals surface area contributed by atoms with Gasteiger partial charge < -0.3 is 5.32 Å². The minimum Gasteiger partial charge on any atom is -0.311 e. The Morgan fingerprint density at radius 1 is 1.44 bits per heavy atom. The first-order valence-corrected chi connectivity index (χ1v) is 5.42. The van der Waals surface area contributed by atoms with E-state index in [0.29, 0.717) is 11.6 Å². The molecule has 1 fully saturated rings. The highest BCUT2D eigenvalue weighted by molar-refractivity contribution is 5.61. The van der Waals surface area contributed by atoms with Gasteiger partial charge in [0.25, 0.3) is 5.69 Å². The van der Waals surface area contributed by atoms with E-state index in [9.17, 15) is 10.1 Å². The quantitative estimate of drug-likeness (QED) is 0.626. The van der Waals surface area contributed by atoms with Gasteiger partial charge in [0.1, 0.15) is 0 Å². The second-order valence-electron chi connectivity index (χ2n) is 3.88. The molecule has 1 heterocycles. The van der Waals surface area contributed by atoms with E-state index in [-0.39, 0.29) is 10.6 Å². The number of rotatable bonds is 3. The van der Waals surface area contributed by atoms with E-state index in [4.69, 9.17) is 0 Å². The Kier molecular flexibility index (Phi) is 3.31. The molecular weight excluding hydrogens is 204 g/mol. The maximum atomic E-state index is 10.8. The molecule has 1 aliphatic heterocycles. The van der Waals surface area contributed by atoms with Crippen LogP contribution in [0.15, 0.2) is 30.3 Å². The number of benzene rings is 1. The average Bonchev–Trinajstić information content (AvgIpc) is 2.79. The Balaban J connectivity index is 2.16. The summed E-state index contributed by atoms with van der Waals surface area (Å²) < 4.78 is 0. The average molecular weight is 218 g/mol. The number of nitrogens with one attached hydrogen (secondary N) is 1. The fourth-order valence-electron chi connectivity index (χ4n) is 1.89. The molecule has 1 N–H and O–H groups in total. The van der Waals surface area contributed by atoms with Crippen molar-refractivity contribution in [1.29, 1.82) is 0 Å². The van der Waals surface area contributed by atoms with Crippen LogP contribution >= 0.6 is 0 Å². The lowest BCUT2D eigenvalue weighted by Crippen LogP contribution is -2.17. The van der Waals surface area contributed by atoms with Gasteiger partial charge in [0.15, 0.2) is 0 Å². The zero-order chi connectivity index (χ0) is 11.4. The van der Waals surface area contributed by atoms with Gasteiger partial charge in [-0.1, -0.05) is 24.3 Å². The lowest BCUT2D eigenvalue weighted by Gasteiger charge is -2.02. The molecular formula is C12H14N2O2. The predicted octanol–water partition coefficient (Wildman–Crippen LogP) is 2.36. The number of nitrogens with zero attached hydrogens (tertiary/aromatic N) is 1. The Hall–Kier alpha value is -1.68. The Labute approximate surface area is 94.1 Å². The third-order valence-corrected chi connectivity index (χ3v) is 2.74. The largest absolute Gasteiger partial charge is 0.311 e. The van der Waals surface area contributed by atoms with Crippen molar-refractivity contribution in [3.8, 4) is 0 Å². The lowest BCUT2D eigenvalue weighted by molar-refractivity contribution is -0.385. The second kappa shape index (κ2) is 4.90. The molecule has 1 aromatic carbocycles. The molecule has 0 amide bonds. The minimum atomic E-state index is -0.345. The maximum absolute atomic E-state index is 10.8. The van der Waals surface area contributed by atoms with E-state index in [1.165, 1.54) is 12.5 Å². The van der Waals surface area contributed by atoms with Gasteiger partial charge in [0, 0.05) is 12.1 Å². The number of para-hydroxylation sites is 1. The summed E-state index contributed by atoms with van der Waals surface area (Å²) in [6.07, 6.45) is 6.12. The van der Waals surface area contributed by atoms with Gasteiger partial charge in [-0.2, -0.15) is 0 Å². The van der Waals surface area contributed by atoms with Gasteiger partial charge in [-0.25, -0.2) is 0 Å². The van der Waals surface area contributed by atoms with Crippen LogP contribution in [-0.4, -0.2) is 17.5 Å². The van der Waals surface area contributed by atoms with E-state index < -0.39 is 0 Å². The Bertz CT molecular complexity index is 409. The molecule has 0 bridgehead atoms. The third kappa shape index (κ3) is 2.46. The topological polar surface area (TPSA) is 55.2 Å². The number of nitro groups is 1. The monoisotopic (exact) mass is 218 g/mol. The van der Waals surface area contributed by atoms with Crippen molar-refractivity contribution >= 4 is 11.8 Å². The molecule has 4 nitrogen and oxygen atoms in total. The molecule has 1 saturated heterocycles. The van der Waals surface area contributed by atoms with Crippen molar-refractivity contribution in [1.82, 2.24) is 5.32 Å². The van der Waals surface area contributed by atoms with E-state index in [1.54, 1.807) is 12.1 Å². The number of hydrogen-bond acceptors (Lipinski definition) is 3. The highest BCUT2D eigenvalue weighted by Crippen LogP contribution is 2.19. The highest BCUT2D eigenvalue weighted by atomic mass is 16.6. The van der Waals surface area contributed by atoms with Crippen LogP contribution in [0.4, 0.5) is 5.69 Å². The maximum Gasteiger partial charge on any atom is 0.276 e. The van der Waals surface area contributed by atoms with Crippen LogP contribution in [0.2, 0.25) is 0 Å². The first kappa shape index (κ1) is 10.8. The molecule has 1 aromatic rings. The fraction of sp³-hybridized carbons (Fsp3) is 0.333. The molecule has 0 saturated carbocycles. The number of nitro benzene ring substituents is 1. The molecule has 0 aromatic heterocycles. The normalized spacial score (nSPS) is 20.4. The molecule has 0 radical (unpaired) electrons. The summed E-state index contributed by atoms with van der Waals surface area (Å²) in [5.74, 6) is 0. The Morgan fingerprint density at radius 2 is 2.25 bits per heavy atom. The molecule has 1 unspecified atom stereocenters. The van der Waals surface area contributed by atoms with Gasteiger partial charge in [-0.3, -0.25) is 10.1 Å². The minimum absolute atomic E-state index is 0.164. The van der Waals surface area contributed by atoms with Gasteiger partial charge >= 0.3 is 0 Å². The lowest BCUT2D eigenvalue weighted by atomic mass is 10.1. The molecule has 1 aliphatic rings. The third-order valence-electron chi connectivity index (χ3n) is 2.74. The van der Waals surface area contributed by atoms with Crippen LogP contribution in [0.3, 0.4) is 0 Å². The van der Waals surface area contributed by atoms with E-state index >= 15 is 0 Å². The SMILES string of the molecule is O=[N+]([O-])c1ccccc1/C=C/C1CCCN1.